The Bertz CT molecular complexity index is 791. The number of hydrogen-bond donors (Lipinski definition) is 2. The molecule has 0 aromatic heterocycles. The summed E-state index contributed by atoms with van der Waals surface area (Å²) >= 11 is 0. The molecule has 0 radical (unpaired) electrons. The molecule has 8 heteroatoms. The zero-order valence-electron chi connectivity index (χ0n) is 14.2. The van der Waals surface area contributed by atoms with E-state index >= 15 is 0 Å². The number of anilines is 1. The number of carbonyl (C=O) groups is 2. The summed E-state index contributed by atoms with van der Waals surface area (Å²) in [5.74, 6) is 0.126. The molecule has 1 aromatic carbocycles. The van der Waals surface area contributed by atoms with Gasteiger partial charge in [0.2, 0.25) is 10.0 Å². The van der Waals surface area contributed by atoms with Gasteiger partial charge in [-0.2, -0.15) is 0 Å². The molecule has 1 aliphatic carbocycles. The molecule has 1 heterocycles. The van der Waals surface area contributed by atoms with Crippen LogP contribution in [0.5, 0.6) is 0 Å². The van der Waals surface area contributed by atoms with Gasteiger partial charge in [0.15, 0.2) is 5.78 Å². The van der Waals surface area contributed by atoms with E-state index < -0.39 is 10.0 Å². The monoisotopic (exact) mass is 365 g/mol. The molecule has 1 fully saturated rings. The number of Topliss-reactive ketones (excluding diaryl/α,β-unsaturated/α-hetero) is 1. The number of sulfonamides is 1. The van der Waals surface area contributed by atoms with E-state index in [1.165, 1.54) is 7.05 Å². The summed E-state index contributed by atoms with van der Waals surface area (Å²) in [6.07, 6.45) is 2.83. The van der Waals surface area contributed by atoms with Crippen molar-refractivity contribution in [1.82, 2.24) is 9.62 Å². The van der Waals surface area contributed by atoms with Crippen LogP contribution >= 0.6 is 0 Å². The van der Waals surface area contributed by atoms with E-state index in [4.69, 9.17) is 0 Å². The van der Waals surface area contributed by atoms with Crippen molar-refractivity contribution in [3.63, 3.8) is 0 Å². The number of nitrogens with one attached hydrogen (secondary N) is 2. The summed E-state index contributed by atoms with van der Waals surface area (Å²) in [5.41, 5.74) is 2.39. The fourth-order valence-corrected chi connectivity index (χ4v) is 4.57. The van der Waals surface area contributed by atoms with Crippen LogP contribution in [0.3, 0.4) is 0 Å². The molecule has 25 heavy (non-hydrogen) atoms. The first-order chi connectivity index (χ1) is 11.9. The number of amides is 2. The minimum absolute atomic E-state index is 0.0359. The molecule has 136 valence electrons. The lowest BCUT2D eigenvalue weighted by molar-refractivity contribution is 0.0994. The second kappa shape index (κ2) is 7.13. The normalized spacial score (nSPS) is 20.4. The summed E-state index contributed by atoms with van der Waals surface area (Å²) < 4.78 is 25.8. The maximum atomic E-state index is 12.5. The molecular weight excluding hydrogens is 342 g/mol. The van der Waals surface area contributed by atoms with Crippen LogP contribution in [0.2, 0.25) is 0 Å². The number of aryl methyl sites for hydroxylation is 1. The maximum Gasteiger partial charge on any atom is 0.321 e. The van der Waals surface area contributed by atoms with E-state index in [1.54, 1.807) is 17.0 Å². The van der Waals surface area contributed by atoms with Gasteiger partial charge in [-0.25, -0.2) is 17.9 Å². The van der Waals surface area contributed by atoms with E-state index in [0.717, 1.165) is 24.0 Å². The van der Waals surface area contributed by atoms with Gasteiger partial charge in [-0.1, -0.05) is 0 Å². The molecule has 2 aliphatic rings. The number of carbonyl (C=O) groups excluding carboxylic acids is 2. The molecule has 3 rings (SSSR count). The van der Waals surface area contributed by atoms with Crippen LogP contribution in [-0.4, -0.2) is 51.0 Å². The highest BCUT2D eigenvalue weighted by Gasteiger charge is 2.27. The van der Waals surface area contributed by atoms with Crippen LogP contribution in [0.25, 0.3) is 0 Å². The Balaban J connectivity index is 1.62. The number of hydrogen-bond acceptors (Lipinski definition) is 4. The first-order valence-corrected chi connectivity index (χ1v) is 10.2. The Morgan fingerprint density at radius 3 is 2.88 bits per heavy atom. The van der Waals surface area contributed by atoms with E-state index in [2.05, 4.69) is 10.0 Å². The Labute approximate surface area is 147 Å². The van der Waals surface area contributed by atoms with Crippen molar-refractivity contribution in [3.8, 4) is 0 Å². The van der Waals surface area contributed by atoms with Gasteiger partial charge >= 0.3 is 6.03 Å². The third-order valence-electron chi connectivity index (χ3n) is 4.85. The number of nitrogens with zero attached hydrogens (tertiary/aromatic N) is 1. The highest BCUT2D eigenvalue weighted by molar-refractivity contribution is 7.89. The van der Waals surface area contributed by atoms with Crippen molar-refractivity contribution in [2.75, 3.05) is 31.2 Å². The number of fused-ring (bicyclic) bond motifs is 1. The lowest BCUT2D eigenvalue weighted by Crippen LogP contribution is -2.44. The van der Waals surface area contributed by atoms with Crippen LogP contribution in [0, 0.1) is 5.92 Å². The van der Waals surface area contributed by atoms with Crippen LogP contribution in [0.15, 0.2) is 18.2 Å². The van der Waals surface area contributed by atoms with Gasteiger partial charge < -0.3 is 10.2 Å². The highest BCUT2D eigenvalue weighted by atomic mass is 32.2. The second-order valence-electron chi connectivity index (χ2n) is 6.67. The van der Waals surface area contributed by atoms with Crippen LogP contribution in [0.1, 0.15) is 35.2 Å². The molecule has 1 aliphatic heterocycles. The minimum Gasteiger partial charge on any atom is -0.324 e. The SMILES string of the molecule is CNS(=O)(=O)CC1CCCN(C(=O)Nc2ccc3c(c2)CCC3=O)C1. The van der Waals surface area contributed by atoms with Gasteiger partial charge in [0, 0.05) is 30.8 Å². The van der Waals surface area contributed by atoms with Crippen molar-refractivity contribution in [2.24, 2.45) is 5.92 Å². The van der Waals surface area contributed by atoms with Crippen LogP contribution < -0.4 is 10.0 Å². The Kier molecular flexibility index (Phi) is 5.10. The highest BCUT2D eigenvalue weighted by Crippen LogP contribution is 2.25. The summed E-state index contributed by atoms with van der Waals surface area (Å²) in [4.78, 5) is 25.8. The molecule has 1 aromatic rings. The smallest absolute Gasteiger partial charge is 0.321 e. The van der Waals surface area contributed by atoms with Crippen molar-refractivity contribution in [3.05, 3.63) is 29.3 Å². The molecular formula is C17H23N3O4S. The number of benzene rings is 1. The van der Waals surface area contributed by atoms with Crippen molar-refractivity contribution in [2.45, 2.75) is 25.7 Å². The van der Waals surface area contributed by atoms with E-state index in [9.17, 15) is 18.0 Å². The first-order valence-electron chi connectivity index (χ1n) is 8.51. The third-order valence-corrected chi connectivity index (χ3v) is 6.38. The fraction of sp³-hybridized carbons (Fsp3) is 0.529. The van der Waals surface area contributed by atoms with Crippen molar-refractivity contribution < 1.29 is 18.0 Å². The minimum atomic E-state index is -3.28. The standard InChI is InChI=1S/C17H23N3O4S/c1-18-25(23,24)11-12-3-2-8-20(10-12)17(22)19-14-5-6-15-13(9-14)4-7-16(15)21/h5-6,9,12,18H,2-4,7-8,10-11H2,1H3,(H,19,22). The van der Waals surface area contributed by atoms with Gasteiger partial charge in [-0.05, 0) is 56.0 Å². The van der Waals surface area contributed by atoms with Crippen molar-refractivity contribution >= 4 is 27.5 Å². The summed E-state index contributed by atoms with van der Waals surface area (Å²) in [6, 6.07) is 5.13. The van der Waals surface area contributed by atoms with E-state index in [0.29, 0.717) is 31.6 Å². The molecule has 0 spiro atoms. The van der Waals surface area contributed by atoms with Crippen LogP contribution in [0.4, 0.5) is 10.5 Å². The average Bonchev–Trinajstić information content (AvgIpc) is 2.95. The molecule has 1 saturated heterocycles. The van der Waals surface area contributed by atoms with Gasteiger partial charge in [0.05, 0.1) is 5.75 Å². The van der Waals surface area contributed by atoms with Gasteiger partial charge in [-0.3, -0.25) is 4.79 Å². The van der Waals surface area contributed by atoms with Crippen molar-refractivity contribution in [1.29, 1.82) is 0 Å². The lowest BCUT2D eigenvalue weighted by atomic mass is 10.0. The first kappa shape index (κ1) is 17.9. The Morgan fingerprint density at radius 2 is 2.12 bits per heavy atom. The van der Waals surface area contributed by atoms with E-state index in [-0.39, 0.29) is 23.5 Å². The van der Waals surface area contributed by atoms with Crippen LogP contribution in [-0.2, 0) is 16.4 Å². The molecule has 7 nitrogen and oxygen atoms in total. The van der Waals surface area contributed by atoms with E-state index in [1.807, 2.05) is 6.07 Å². The van der Waals surface area contributed by atoms with Gasteiger partial charge in [-0.15, -0.1) is 0 Å². The Morgan fingerprint density at radius 1 is 1.32 bits per heavy atom. The molecule has 0 saturated carbocycles. The number of ketones is 1. The summed E-state index contributed by atoms with van der Waals surface area (Å²) in [6.45, 7) is 1.04. The molecule has 0 bridgehead atoms. The largest absolute Gasteiger partial charge is 0.324 e. The zero-order valence-corrected chi connectivity index (χ0v) is 15.1. The Hall–Kier alpha value is -1.93. The lowest BCUT2D eigenvalue weighted by Gasteiger charge is -2.32. The quantitative estimate of drug-likeness (QED) is 0.847. The topological polar surface area (TPSA) is 95.6 Å². The average molecular weight is 365 g/mol. The van der Waals surface area contributed by atoms with Gasteiger partial charge in [0.25, 0.3) is 0 Å². The summed E-state index contributed by atoms with van der Waals surface area (Å²) in [7, 11) is -1.88. The molecule has 1 atom stereocenters. The number of piperidine rings is 1. The predicted molar refractivity (Wildman–Crippen MR) is 95.3 cm³/mol. The number of likely N-dealkylation sites (tertiary alicyclic amines) is 1. The molecule has 2 N–H and O–H groups in total. The molecule has 1 unspecified atom stereocenters. The maximum absolute atomic E-state index is 12.5. The number of rotatable bonds is 4. The van der Waals surface area contributed by atoms with Gasteiger partial charge in [0.1, 0.15) is 0 Å². The third kappa shape index (κ3) is 4.19. The fourth-order valence-electron chi connectivity index (χ4n) is 3.51. The summed E-state index contributed by atoms with van der Waals surface area (Å²) in [5, 5.41) is 2.86. The predicted octanol–water partition coefficient (Wildman–Crippen LogP) is 1.61. The number of urea groups is 1. The zero-order chi connectivity index (χ0) is 18.0. The molecule has 2 amide bonds. The second-order valence-corrected chi connectivity index (χ2v) is 8.64.